The van der Waals surface area contributed by atoms with Gasteiger partial charge in [-0.2, -0.15) is 5.10 Å². The topological polar surface area (TPSA) is 70.0 Å². The van der Waals surface area contributed by atoms with E-state index in [1.165, 1.54) is 12.1 Å². The molecule has 32 heavy (non-hydrogen) atoms. The van der Waals surface area contributed by atoms with Gasteiger partial charge in [-0.25, -0.2) is 9.29 Å². The lowest BCUT2D eigenvalue weighted by Crippen LogP contribution is -2.48. The fourth-order valence-electron chi connectivity index (χ4n) is 4.99. The maximum absolute atomic E-state index is 13.7. The van der Waals surface area contributed by atoms with Crippen LogP contribution in [0.4, 0.5) is 10.1 Å². The molecule has 5 rings (SSSR count). The van der Waals surface area contributed by atoms with Crippen LogP contribution in [-0.4, -0.2) is 34.9 Å². The number of hydrogen-bond donors (Lipinski definition) is 0. The Bertz CT molecular complexity index is 1210. The van der Waals surface area contributed by atoms with Crippen LogP contribution in [-0.2, 0) is 14.4 Å². The average Bonchev–Trinajstić information content (AvgIpc) is 3.22. The lowest BCUT2D eigenvalue weighted by Gasteiger charge is -2.35. The van der Waals surface area contributed by atoms with Gasteiger partial charge >= 0.3 is 0 Å². The van der Waals surface area contributed by atoms with Gasteiger partial charge in [0.05, 0.1) is 34.8 Å². The van der Waals surface area contributed by atoms with Crippen LogP contribution < -0.4 is 4.90 Å². The number of ketones is 1. The van der Waals surface area contributed by atoms with Gasteiger partial charge in [0, 0.05) is 5.41 Å². The molecule has 0 aromatic heterocycles. The van der Waals surface area contributed by atoms with E-state index in [0.717, 1.165) is 22.1 Å². The third kappa shape index (κ3) is 2.84. The van der Waals surface area contributed by atoms with Crippen LogP contribution in [0.15, 0.2) is 47.6 Å². The van der Waals surface area contributed by atoms with E-state index in [9.17, 15) is 18.8 Å². The van der Waals surface area contributed by atoms with Crippen LogP contribution in [0.25, 0.3) is 0 Å². The molecule has 3 heterocycles. The van der Waals surface area contributed by atoms with Crippen molar-refractivity contribution in [1.82, 2.24) is 5.01 Å². The van der Waals surface area contributed by atoms with Crippen molar-refractivity contribution < 1.29 is 18.8 Å². The Morgan fingerprint density at radius 2 is 1.75 bits per heavy atom. The summed E-state index contributed by atoms with van der Waals surface area (Å²) in [6, 6.07) is 9.83. The summed E-state index contributed by atoms with van der Waals surface area (Å²) in [5.74, 6) is -3.42. The fraction of sp³-hybridized carbons (Fsp3) is 0.333. The third-order valence-corrected chi connectivity index (χ3v) is 6.75. The smallest absolute Gasteiger partial charge is 0.240 e. The molecule has 0 spiro atoms. The van der Waals surface area contributed by atoms with Gasteiger partial charge in [-0.15, -0.1) is 0 Å². The zero-order chi connectivity index (χ0) is 22.9. The molecule has 2 aromatic carbocycles. The number of Topliss-reactive ketones (excluding diaryl/α,β-unsaturated/α-hetero) is 1. The normalized spacial score (nSPS) is 26.3. The molecule has 8 heteroatoms. The first-order valence-corrected chi connectivity index (χ1v) is 10.8. The van der Waals surface area contributed by atoms with Crippen molar-refractivity contribution in [3.05, 3.63) is 64.4 Å². The molecule has 4 atom stereocenters. The van der Waals surface area contributed by atoms with E-state index in [4.69, 9.17) is 11.6 Å². The van der Waals surface area contributed by atoms with Crippen molar-refractivity contribution in [3.8, 4) is 0 Å². The molecule has 0 saturated carbocycles. The summed E-state index contributed by atoms with van der Waals surface area (Å²) in [5.41, 5.74) is 1.15. The van der Waals surface area contributed by atoms with Gasteiger partial charge in [-0.1, -0.05) is 56.6 Å². The molecular formula is C24H21ClFN3O3. The SMILES string of the molecule is CC(C)(C)C(=O)C1C2C(=O)N(c3ccc(F)c(Cl)c3)C(=O)C2C2c3ccccc3C=NN12. The molecule has 0 aliphatic carbocycles. The van der Waals surface area contributed by atoms with E-state index in [0.29, 0.717) is 0 Å². The molecule has 0 N–H and O–H groups in total. The number of rotatable bonds is 2. The number of carbonyl (C=O) groups excluding carboxylic acids is 3. The Kier molecular flexibility index (Phi) is 4.53. The second-order valence-corrected chi connectivity index (χ2v) is 9.83. The summed E-state index contributed by atoms with van der Waals surface area (Å²) >= 11 is 5.92. The van der Waals surface area contributed by atoms with Gasteiger partial charge in [0.25, 0.3) is 0 Å². The van der Waals surface area contributed by atoms with Crippen molar-refractivity contribution in [3.63, 3.8) is 0 Å². The van der Waals surface area contributed by atoms with E-state index in [2.05, 4.69) is 5.10 Å². The van der Waals surface area contributed by atoms with Crippen molar-refractivity contribution in [2.45, 2.75) is 32.9 Å². The highest BCUT2D eigenvalue weighted by atomic mass is 35.5. The summed E-state index contributed by atoms with van der Waals surface area (Å²) in [5, 5.41) is 5.97. The fourth-order valence-corrected chi connectivity index (χ4v) is 5.17. The zero-order valence-electron chi connectivity index (χ0n) is 17.8. The number of hydrogen-bond acceptors (Lipinski definition) is 5. The monoisotopic (exact) mass is 453 g/mol. The molecule has 4 unspecified atom stereocenters. The number of benzene rings is 2. The van der Waals surface area contributed by atoms with Gasteiger partial charge in [-0.05, 0) is 29.3 Å². The highest BCUT2D eigenvalue weighted by Crippen LogP contribution is 2.53. The predicted molar refractivity (Wildman–Crippen MR) is 118 cm³/mol. The standard InChI is InChI=1S/C24H21ClFN3O3/c1-24(2,3)21(30)20-18-17(19-14-7-5-4-6-12(14)11-27-29(19)20)22(31)28(23(18)32)13-8-9-16(26)15(25)10-13/h4-11,17-20H,1-3H3. The molecule has 2 saturated heterocycles. The van der Waals surface area contributed by atoms with Gasteiger partial charge in [0.2, 0.25) is 11.8 Å². The lowest BCUT2D eigenvalue weighted by atomic mass is 9.79. The molecule has 6 nitrogen and oxygen atoms in total. The first-order chi connectivity index (χ1) is 15.1. The molecule has 3 aliphatic rings. The van der Waals surface area contributed by atoms with E-state index in [1.54, 1.807) is 32.0 Å². The van der Waals surface area contributed by atoms with E-state index < -0.39 is 47.0 Å². The number of fused-ring (bicyclic) bond motifs is 5. The van der Waals surface area contributed by atoms with Crippen LogP contribution >= 0.6 is 11.6 Å². The number of nitrogens with zero attached hydrogens (tertiary/aromatic N) is 3. The Morgan fingerprint density at radius 3 is 2.44 bits per heavy atom. The third-order valence-electron chi connectivity index (χ3n) is 6.46. The van der Waals surface area contributed by atoms with Crippen LogP contribution in [0.3, 0.4) is 0 Å². The van der Waals surface area contributed by atoms with Gasteiger partial charge in [0.1, 0.15) is 11.9 Å². The van der Waals surface area contributed by atoms with E-state index in [-0.39, 0.29) is 16.5 Å². The van der Waals surface area contributed by atoms with Gasteiger partial charge < -0.3 is 0 Å². The quantitative estimate of drug-likeness (QED) is 0.645. The second kappa shape index (κ2) is 6.97. The maximum Gasteiger partial charge on any atom is 0.240 e. The van der Waals surface area contributed by atoms with Crippen LogP contribution in [0.5, 0.6) is 0 Å². The number of halogens is 2. The summed E-state index contributed by atoms with van der Waals surface area (Å²) in [4.78, 5) is 41.8. The summed E-state index contributed by atoms with van der Waals surface area (Å²) < 4.78 is 13.7. The number of amides is 2. The summed E-state index contributed by atoms with van der Waals surface area (Å²) in [6.07, 6.45) is 1.67. The van der Waals surface area contributed by atoms with Crippen molar-refractivity contribution >= 4 is 41.1 Å². The Hall–Kier alpha value is -3.06. The Labute approximate surface area is 189 Å². The molecule has 0 bridgehead atoms. The molecule has 164 valence electrons. The molecular weight excluding hydrogens is 433 g/mol. The number of imide groups is 1. The Balaban J connectivity index is 1.67. The highest BCUT2D eigenvalue weighted by Gasteiger charge is 2.66. The van der Waals surface area contributed by atoms with Gasteiger partial charge in [-0.3, -0.25) is 19.4 Å². The van der Waals surface area contributed by atoms with Crippen molar-refractivity contribution in [2.24, 2.45) is 22.4 Å². The second-order valence-electron chi connectivity index (χ2n) is 9.42. The van der Waals surface area contributed by atoms with E-state index >= 15 is 0 Å². The number of carbonyl (C=O) groups is 3. The number of anilines is 1. The lowest BCUT2D eigenvalue weighted by molar-refractivity contribution is -0.136. The molecule has 2 amide bonds. The Morgan fingerprint density at radius 1 is 1.06 bits per heavy atom. The average molecular weight is 454 g/mol. The highest BCUT2D eigenvalue weighted by molar-refractivity contribution is 6.31. The number of hydrazone groups is 1. The van der Waals surface area contributed by atoms with E-state index in [1.807, 2.05) is 24.3 Å². The first-order valence-electron chi connectivity index (χ1n) is 10.4. The molecule has 2 fully saturated rings. The van der Waals surface area contributed by atoms with Crippen LogP contribution in [0, 0.1) is 23.1 Å². The predicted octanol–water partition coefficient (Wildman–Crippen LogP) is 3.97. The molecule has 0 radical (unpaired) electrons. The summed E-state index contributed by atoms with van der Waals surface area (Å²) in [6.45, 7) is 5.37. The minimum absolute atomic E-state index is 0.160. The van der Waals surface area contributed by atoms with Crippen molar-refractivity contribution in [2.75, 3.05) is 4.90 Å². The molecule has 2 aromatic rings. The van der Waals surface area contributed by atoms with Crippen LogP contribution in [0.2, 0.25) is 5.02 Å². The maximum atomic E-state index is 13.7. The van der Waals surface area contributed by atoms with Crippen molar-refractivity contribution in [1.29, 1.82) is 0 Å². The zero-order valence-corrected chi connectivity index (χ0v) is 18.5. The van der Waals surface area contributed by atoms with Crippen LogP contribution in [0.1, 0.15) is 37.9 Å². The largest absolute Gasteiger partial charge is 0.297 e. The van der Waals surface area contributed by atoms with Gasteiger partial charge in [0.15, 0.2) is 5.78 Å². The summed E-state index contributed by atoms with van der Waals surface area (Å²) in [7, 11) is 0. The minimum Gasteiger partial charge on any atom is -0.297 e. The molecule has 3 aliphatic heterocycles. The first kappa shape index (κ1) is 20.8. The minimum atomic E-state index is -0.897.